The van der Waals surface area contributed by atoms with Gasteiger partial charge in [0.1, 0.15) is 0 Å². The zero-order chi connectivity index (χ0) is 18.9. The minimum absolute atomic E-state index is 0.0551. The first-order valence-corrected chi connectivity index (χ1v) is 11.5. The third-order valence-electron chi connectivity index (χ3n) is 5.87. The summed E-state index contributed by atoms with van der Waals surface area (Å²) in [7, 11) is -3.00. The van der Waals surface area contributed by atoms with Crippen molar-refractivity contribution in [2.24, 2.45) is 0 Å². The van der Waals surface area contributed by atoms with Crippen molar-refractivity contribution in [2.75, 3.05) is 24.6 Å². The van der Waals surface area contributed by atoms with E-state index in [0.717, 1.165) is 38.3 Å². The van der Waals surface area contributed by atoms with Crippen LogP contribution in [-0.2, 0) is 29.3 Å². The van der Waals surface area contributed by atoms with Crippen LogP contribution in [-0.4, -0.2) is 59.9 Å². The molecule has 2 aliphatic rings. The molecule has 0 amide bonds. The molecule has 2 aliphatic heterocycles. The summed E-state index contributed by atoms with van der Waals surface area (Å²) in [5, 5.41) is 0. The molecular formula is C21H27N3O2S. The lowest BCUT2D eigenvalue weighted by atomic mass is 10.0. The number of sulfone groups is 1. The highest BCUT2D eigenvalue weighted by atomic mass is 32.2. The summed E-state index contributed by atoms with van der Waals surface area (Å²) in [6, 6.07) is 14.6. The minimum atomic E-state index is -3.00. The van der Waals surface area contributed by atoms with Gasteiger partial charge in [0.15, 0.2) is 9.84 Å². The molecule has 5 nitrogen and oxygen atoms in total. The van der Waals surface area contributed by atoms with Gasteiger partial charge in [0.05, 0.1) is 17.2 Å². The van der Waals surface area contributed by atoms with Crippen molar-refractivity contribution >= 4 is 9.84 Å². The fourth-order valence-electron chi connectivity index (χ4n) is 4.46. The molecule has 144 valence electrons. The molecule has 0 saturated carbocycles. The number of fused-ring (bicyclic) bond motifs is 1. The Morgan fingerprint density at radius 1 is 0.926 bits per heavy atom. The monoisotopic (exact) mass is 385 g/mol. The topological polar surface area (TPSA) is 53.5 Å². The predicted octanol–water partition coefficient (Wildman–Crippen LogP) is 2.13. The molecule has 0 radical (unpaired) electrons. The van der Waals surface area contributed by atoms with Gasteiger partial charge in [0, 0.05) is 44.5 Å². The highest BCUT2D eigenvalue weighted by Gasteiger charge is 2.46. The van der Waals surface area contributed by atoms with Crippen molar-refractivity contribution in [3.63, 3.8) is 0 Å². The Kier molecular flexibility index (Phi) is 5.30. The average Bonchev–Trinajstić information content (AvgIpc) is 3.01. The third kappa shape index (κ3) is 4.08. The van der Waals surface area contributed by atoms with E-state index in [1.54, 1.807) is 6.20 Å². The molecule has 2 atom stereocenters. The lowest BCUT2D eigenvalue weighted by Crippen LogP contribution is -2.58. The SMILES string of the molecule is CCc1ccccc1CN1CCN(Cc2ccccn2)[C@@H]2CS(=O)(=O)C[C@@H]21. The molecule has 1 aromatic heterocycles. The Morgan fingerprint density at radius 3 is 2.19 bits per heavy atom. The Bertz CT molecular complexity index is 885. The summed E-state index contributed by atoms with van der Waals surface area (Å²) in [6.07, 6.45) is 2.80. The second-order valence-electron chi connectivity index (χ2n) is 7.60. The van der Waals surface area contributed by atoms with Crippen molar-refractivity contribution in [1.82, 2.24) is 14.8 Å². The van der Waals surface area contributed by atoms with Crippen molar-refractivity contribution in [1.29, 1.82) is 0 Å². The van der Waals surface area contributed by atoms with Crippen molar-refractivity contribution in [3.8, 4) is 0 Å². The van der Waals surface area contributed by atoms with Gasteiger partial charge in [0.2, 0.25) is 0 Å². The van der Waals surface area contributed by atoms with Gasteiger partial charge >= 0.3 is 0 Å². The van der Waals surface area contributed by atoms with E-state index in [2.05, 4.69) is 46.0 Å². The van der Waals surface area contributed by atoms with E-state index < -0.39 is 9.84 Å². The van der Waals surface area contributed by atoms with Crippen LogP contribution in [0, 0.1) is 0 Å². The number of piperazine rings is 1. The lowest BCUT2D eigenvalue weighted by Gasteiger charge is -2.44. The average molecular weight is 386 g/mol. The highest BCUT2D eigenvalue weighted by Crippen LogP contribution is 2.29. The zero-order valence-electron chi connectivity index (χ0n) is 15.8. The molecule has 3 heterocycles. The smallest absolute Gasteiger partial charge is 0.153 e. The molecular weight excluding hydrogens is 358 g/mol. The predicted molar refractivity (Wildman–Crippen MR) is 107 cm³/mol. The lowest BCUT2D eigenvalue weighted by molar-refractivity contribution is 0.0346. The summed E-state index contributed by atoms with van der Waals surface area (Å²) >= 11 is 0. The Balaban J connectivity index is 1.55. The maximum atomic E-state index is 12.4. The number of hydrogen-bond acceptors (Lipinski definition) is 5. The first-order valence-electron chi connectivity index (χ1n) is 9.71. The fourth-order valence-corrected chi connectivity index (χ4v) is 6.51. The summed E-state index contributed by atoms with van der Waals surface area (Å²) < 4.78 is 24.9. The van der Waals surface area contributed by atoms with E-state index in [4.69, 9.17) is 0 Å². The normalized spacial score (nSPS) is 25.4. The Morgan fingerprint density at radius 2 is 1.56 bits per heavy atom. The number of rotatable bonds is 5. The van der Waals surface area contributed by atoms with Gasteiger partial charge in [-0.15, -0.1) is 0 Å². The molecule has 0 bridgehead atoms. The van der Waals surface area contributed by atoms with Crippen LogP contribution in [0.2, 0.25) is 0 Å². The number of benzene rings is 1. The standard InChI is InChI=1S/C21H27N3O2S/c1-2-17-7-3-4-8-18(17)13-23-11-12-24(14-19-9-5-6-10-22-19)21-16-27(25,26)15-20(21)23/h3-10,20-21H,2,11-16H2,1H3/t20-,21+/m0/s1. The third-order valence-corrected chi connectivity index (χ3v) is 7.57. The minimum Gasteiger partial charge on any atom is -0.292 e. The van der Waals surface area contributed by atoms with E-state index >= 15 is 0 Å². The maximum Gasteiger partial charge on any atom is 0.153 e. The van der Waals surface area contributed by atoms with Crippen LogP contribution in [0.4, 0.5) is 0 Å². The first-order chi connectivity index (χ1) is 13.1. The second-order valence-corrected chi connectivity index (χ2v) is 9.75. The summed E-state index contributed by atoms with van der Waals surface area (Å²) in [4.78, 5) is 9.13. The molecule has 2 saturated heterocycles. The number of hydrogen-bond donors (Lipinski definition) is 0. The molecule has 27 heavy (non-hydrogen) atoms. The van der Waals surface area contributed by atoms with Crippen LogP contribution in [0.15, 0.2) is 48.7 Å². The molecule has 4 rings (SSSR count). The Hall–Kier alpha value is -1.76. The van der Waals surface area contributed by atoms with Gasteiger partial charge in [-0.1, -0.05) is 37.3 Å². The molecule has 6 heteroatoms. The van der Waals surface area contributed by atoms with Crippen molar-refractivity contribution < 1.29 is 8.42 Å². The van der Waals surface area contributed by atoms with Gasteiger partial charge in [-0.25, -0.2) is 8.42 Å². The van der Waals surface area contributed by atoms with Crippen molar-refractivity contribution in [3.05, 3.63) is 65.5 Å². The van der Waals surface area contributed by atoms with Gasteiger partial charge in [-0.2, -0.15) is 0 Å². The van der Waals surface area contributed by atoms with Crippen LogP contribution < -0.4 is 0 Å². The van der Waals surface area contributed by atoms with Crippen LogP contribution in [0.25, 0.3) is 0 Å². The van der Waals surface area contributed by atoms with E-state index in [1.807, 2.05) is 18.2 Å². The molecule has 2 fully saturated rings. The largest absolute Gasteiger partial charge is 0.292 e. The fraction of sp³-hybridized carbons (Fsp3) is 0.476. The summed E-state index contributed by atoms with van der Waals surface area (Å²) in [5.74, 6) is 0.529. The summed E-state index contributed by atoms with van der Waals surface area (Å²) in [5.41, 5.74) is 3.68. The molecule has 0 aliphatic carbocycles. The number of pyridine rings is 1. The maximum absolute atomic E-state index is 12.4. The van der Waals surface area contributed by atoms with Crippen LogP contribution in [0.3, 0.4) is 0 Å². The van der Waals surface area contributed by atoms with Gasteiger partial charge in [-0.05, 0) is 29.7 Å². The van der Waals surface area contributed by atoms with Crippen LogP contribution in [0.1, 0.15) is 23.7 Å². The number of aryl methyl sites for hydroxylation is 1. The number of nitrogens with zero attached hydrogens (tertiary/aromatic N) is 3. The van der Waals surface area contributed by atoms with E-state index in [0.29, 0.717) is 0 Å². The van der Waals surface area contributed by atoms with E-state index in [1.165, 1.54) is 11.1 Å². The van der Waals surface area contributed by atoms with Crippen LogP contribution >= 0.6 is 0 Å². The number of aromatic nitrogens is 1. The molecule has 2 aromatic rings. The van der Waals surface area contributed by atoms with Gasteiger partial charge < -0.3 is 0 Å². The zero-order valence-corrected chi connectivity index (χ0v) is 16.6. The first kappa shape index (κ1) is 18.6. The quantitative estimate of drug-likeness (QED) is 0.789. The van der Waals surface area contributed by atoms with E-state index in [9.17, 15) is 8.42 Å². The molecule has 1 aromatic carbocycles. The highest BCUT2D eigenvalue weighted by molar-refractivity contribution is 7.91. The van der Waals surface area contributed by atoms with Crippen molar-refractivity contribution in [2.45, 2.75) is 38.5 Å². The summed E-state index contributed by atoms with van der Waals surface area (Å²) in [6.45, 7) is 5.49. The van der Waals surface area contributed by atoms with Gasteiger partial charge in [0.25, 0.3) is 0 Å². The van der Waals surface area contributed by atoms with Crippen LogP contribution in [0.5, 0.6) is 0 Å². The van der Waals surface area contributed by atoms with E-state index in [-0.39, 0.29) is 23.6 Å². The Labute approximate surface area is 161 Å². The molecule has 0 N–H and O–H groups in total. The molecule has 0 unspecified atom stereocenters. The van der Waals surface area contributed by atoms with Gasteiger partial charge in [-0.3, -0.25) is 14.8 Å². The molecule has 0 spiro atoms. The second kappa shape index (κ2) is 7.70.